The summed E-state index contributed by atoms with van der Waals surface area (Å²) in [4.78, 5) is 21.5. The number of nitrogens with zero attached hydrogens (tertiary/aromatic N) is 3. The first-order chi connectivity index (χ1) is 14.1. The Morgan fingerprint density at radius 3 is 2.79 bits per heavy atom. The highest BCUT2D eigenvalue weighted by Gasteiger charge is 2.25. The number of carbonyl (C=O) groups is 1. The standard InChI is InChI=1S/C23H22N4O2/c24-13-17-10-9-15(14-25-17)11-16-12-21(26-19-6-2-1-5-18(16)19)23(29)27-20-7-3-4-8-22(20)28/h1-2,5-6,9-10,12,14,20,22,28H,3-4,7-8,11H2,(H,27,29). The van der Waals surface area contributed by atoms with Crippen LogP contribution < -0.4 is 5.32 Å². The van der Waals surface area contributed by atoms with Gasteiger partial charge in [0.05, 0.1) is 17.7 Å². The van der Waals surface area contributed by atoms with Gasteiger partial charge in [0.1, 0.15) is 17.5 Å². The summed E-state index contributed by atoms with van der Waals surface area (Å²) >= 11 is 0. The van der Waals surface area contributed by atoms with Crippen LogP contribution in [0.2, 0.25) is 0 Å². The van der Waals surface area contributed by atoms with E-state index in [1.54, 1.807) is 12.3 Å². The average molecular weight is 386 g/mol. The number of rotatable bonds is 4. The first-order valence-corrected chi connectivity index (χ1v) is 9.86. The van der Waals surface area contributed by atoms with Gasteiger partial charge >= 0.3 is 0 Å². The van der Waals surface area contributed by atoms with Crippen molar-refractivity contribution in [3.8, 4) is 6.07 Å². The molecule has 1 aromatic carbocycles. The highest BCUT2D eigenvalue weighted by molar-refractivity contribution is 5.96. The molecule has 2 aromatic heterocycles. The number of hydrogen-bond donors (Lipinski definition) is 2. The lowest BCUT2D eigenvalue weighted by atomic mass is 9.92. The smallest absolute Gasteiger partial charge is 0.270 e. The van der Waals surface area contributed by atoms with Gasteiger partial charge in [-0.15, -0.1) is 0 Å². The quantitative estimate of drug-likeness (QED) is 0.718. The number of para-hydroxylation sites is 1. The first-order valence-electron chi connectivity index (χ1n) is 9.86. The molecule has 2 N–H and O–H groups in total. The second-order valence-corrected chi connectivity index (χ2v) is 7.46. The Balaban J connectivity index is 1.64. The van der Waals surface area contributed by atoms with Crippen LogP contribution in [0.15, 0.2) is 48.7 Å². The van der Waals surface area contributed by atoms with Gasteiger partial charge in [-0.3, -0.25) is 4.79 Å². The largest absolute Gasteiger partial charge is 0.391 e. The van der Waals surface area contributed by atoms with Crippen molar-refractivity contribution in [1.82, 2.24) is 15.3 Å². The molecule has 1 fully saturated rings. The molecule has 146 valence electrons. The van der Waals surface area contributed by atoms with E-state index in [2.05, 4.69) is 15.3 Å². The molecule has 2 unspecified atom stereocenters. The minimum atomic E-state index is -0.502. The van der Waals surface area contributed by atoms with Crippen molar-refractivity contribution in [2.75, 3.05) is 0 Å². The van der Waals surface area contributed by atoms with E-state index in [9.17, 15) is 9.90 Å². The fourth-order valence-electron chi connectivity index (χ4n) is 3.85. The molecule has 4 rings (SSSR count). The molecule has 0 spiro atoms. The zero-order chi connectivity index (χ0) is 20.2. The van der Waals surface area contributed by atoms with Crippen LogP contribution in [0.5, 0.6) is 0 Å². The van der Waals surface area contributed by atoms with Crippen LogP contribution >= 0.6 is 0 Å². The maximum Gasteiger partial charge on any atom is 0.270 e. The molecule has 3 aromatic rings. The third-order valence-corrected chi connectivity index (χ3v) is 5.41. The summed E-state index contributed by atoms with van der Waals surface area (Å²) in [6.07, 6.45) is 5.25. The zero-order valence-electron chi connectivity index (χ0n) is 16.0. The molecule has 0 radical (unpaired) electrons. The van der Waals surface area contributed by atoms with Crippen molar-refractivity contribution < 1.29 is 9.90 Å². The monoisotopic (exact) mass is 386 g/mol. The number of nitrogens with one attached hydrogen (secondary N) is 1. The number of benzene rings is 1. The van der Waals surface area contributed by atoms with Gasteiger partial charge in [-0.1, -0.05) is 37.1 Å². The van der Waals surface area contributed by atoms with E-state index >= 15 is 0 Å². The van der Waals surface area contributed by atoms with E-state index in [1.165, 1.54) is 0 Å². The molecule has 0 aliphatic heterocycles. The lowest BCUT2D eigenvalue weighted by molar-refractivity contribution is 0.0714. The van der Waals surface area contributed by atoms with Gasteiger partial charge in [0.2, 0.25) is 0 Å². The van der Waals surface area contributed by atoms with Crippen molar-refractivity contribution >= 4 is 16.8 Å². The van der Waals surface area contributed by atoms with Crippen LogP contribution in [0, 0.1) is 11.3 Å². The normalized spacial score (nSPS) is 18.9. The molecule has 1 saturated carbocycles. The van der Waals surface area contributed by atoms with Gasteiger partial charge in [-0.25, -0.2) is 9.97 Å². The minimum absolute atomic E-state index is 0.226. The predicted octanol–water partition coefficient (Wildman–Crippen LogP) is 3.13. The number of fused-ring (bicyclic) bond motifs is 1. The molecule has 1 amide bonds. The maximum absolute atomic E-state index is 12.9. The topological polar surface area (TPSA) is 98.9 Å². The van der Waals surface area contributed by atoms with E-state index in [0.717, 1.165) is 41.3 Å². The van der Waals surface area contributed by atoms with Gasteiger partial charge in [0, 0.05) is 11.6 Å². The van der Waals surface area contributed by atoms with Crippen LogP contribution in [-0.2, 0) is 6.42 Å². The van der Waals surface area contributed by atoms with E-state index in [1.807, 2.05) is 42.5 Å². The maximum atomic E-state index is 12.9. The van der Waals surface area contributed by atoms with Gasteiger partial charge < -0.3 is 10.4 Å². The Morgan fingerprint density at radius 1 is 1.21 bits per heavy atom. The summed E-state index contributed by atoms with van der Waals surface area (Å²) in [5, 5.41) is 23.0. The number of hydrogen-bond acceptors (Lipinski definition) is 5. The Hall–Kier alpha value is -3.30. The van der Waals surface area contributed by atoms with E-state index in [-0.39, 0.29) is 11.9 Å². The summed E-state index contributed by atoms with van der Waals surface area (Å²) in [5.41, 5.74) is 3.39. The molecular formula is C23H22N4O2. The number of aliphatic hydroxyl groups is 1. The second-order valence-electron chi connectivity index (χ2n) is 7.46. The minimum Gasteiger partial charge on any atom is -0.391 e. The highest BCUT2D eigenvalue weighted by atomic mass is 16.3. The van der Waals surface area contributed by atoms with E-state index < -0.39 is 6.10 Å². The van der Waals surface area contributed by atoms with Crippen molar-refractivity contribution in [2.24, 2.45) is 0 Å². The molecule has 1 aliphatic rings. The van der Waals surface area contributed by atoms with Crippen LogP contribution in [0.4, 0.5) is 0 Å². The molecule has 6 nitrogen and oxygen atoms in total. The van der Waals surface area contributed by atoms with Crippen molar-refractivity contribution in [3.05, 3.63) is 71.2 Å². The van der Waals surface area contributed by atoms with Crippen LogP contribution in [0.3, 0.4) is 0 Å². The third kappa shape index (κ3) is 4.25. The highest BCUT2D eigenvalue weighted by Crippen LogP contribution is 2.23. The summed E-state index contributed by atoms with van der Waals surface area (Å²) in [6, 6.07) is 14.9. The molecule has 0 bridgehead atoms. The number of carbonyl (C=O) groups excluding carboxylic acids is 1. The average Bonchev–Trinajstić information content (AvgIpc) is 2.76. The first kappa shape index (κ1) is 19.0. The molecule has 0 saturated heterocycles. The fourth-order valence-corrected chi connectivity index (χ4v) is 3.85. The number of nitriles is 1. The Labute approximate surface area is 169 Å². The number of aromatic nitrogens is 2. The van der Waals surface area contributed by atoms with Gasteiger partial charge in [-0.05, 0) is 48.6 Å². The van der Waals surface area contributed by atoms with Crippen LogP contribution in [0.25, 0.3) is 10.9 Å². The molecule has 29 heavy (non-hydrogen) atoms. The lowest BCUT2D eigenvalue weighted by Crippen LogP contribution is -2.45. The van der Waals surface area contributed by atoms with Crippen molar-refractivity contribution in [1.29, 1.82) is 5.26 Å². The fraction of sp³-hybridized carbons (Fsp3) is 0.304. The Bertz CT molecular complexity index is 1070. The van der Waals surface area contributed by atoms with Crippen molar-refractivity contribution in [2.45, 2.75) is 44.2 Å². The molecule has 1 aliphatic carbocycles. The molecule has 2 heterocycles. The van der Waals surface area contributed by atoms with E-state index in [0.29, 0.717) is 24.2 Å². The summed E-state index contributed by atoms with van der Waals surface area (Å²) < 4.78 is 0. The zero-order valence-corrected chi connectivity index (χ0v) is 16.0. The van der Waals surface area contributed by atoms with Crippen LogP contribution in [-0.4, -0.2) is 33.1 Å². The van der Waals surface area contributed by atoms with Crippen LogP contribution in [0.1, 0.15) is 53.0 Å². The molecule has 6 heteroatoms. The molecule has 2 atom stereocenters. The lowest BCUT2D eigenvalue weighted by Gasteiger charge is -2.28. The number of pyridine rings is 2. The van der Waals surface area contributed by atoms with E-state index in [4.69, 9.17) is 5.26 Å². The van der Waals surface area contributed by atoms with Crippen molar-refractivity contribution in [3.63, 3.8) is 0 Å². The summed E-state index contributed by atoms with van der Waals surface area (Å²) in [7, 11) is 0. The Morgan fingerprint density at radius 2 is 2.03 bits per heavy atom. The summed E-state index contributed by atoms with van der Waals surface area (Å²) in [5.74, 6) is -0.263. The van der Waals surface area contributed by atoms with Gasteiger partial charge in [0.15, 0.2) is 0 Å². The van der Waals surface area contributed by atoms with Gasteiger partial charge in [0.25, 0.3) is 5.91 Å². The molecular weight excluding hydrogens is 364 g/mol. The second kappa shape index (κ2) is 8.38. The number of aliphatic hydroxyl groups excluding tert-OH is 1. The third-order valence-electron chi connectivity index (χ3n) is 5.41. The summed E-state index contributed by atoms with van der Waals surface area (Å²) in [6.45, 7) is 0. The van der Waals surface area contributed by atoms with Gasteiger partial charge in [-0.2, -0.15) is 5.26 Å². The SMILES string of the molecule is N#Cc1ccc(Cc2cc(C(=O)NC3CCCCC3O)nc3ccccc23)cn1. The Kier molecular flexibility index (Phi) is 5.50. The predicted molar refractivity (Wildman–Crippen MR) is 109 cm³/mol. The number of amides is 1.